The van der Waals surface area contributed by atoms with E-state index in [-0.39, 0.29) is 23.5 Å². The normalized spacial score (nSPS) is 10.7. The van der Waals surface area contributed by atoms with Crippen LogP contribution in [0.25, 0.3) is 0 Å². The Balaban J connectivity index is 1.56. The van der Waals surface area contributed by atoms with E-state index in [1.807, 2.05) is 0 Å². The lowest BCUT2D eigenvalue weighted by atomic mass is 10.2. The van der Waals surface area contributed by atoms with Crippen LogP contribution in [0.5, 0.6) is 5.75 Å². The summed E-state index contributed by atoms with van der Waals surface area (Å²) in [6.07, 6.45) is 1.44. The van der Waals surface area contributed by atoms with Crippen molar-refractivity contribution in [3.63, 3.8) is 0 Å². The molecule has 32 heavy (non-hydrogen) atoms. The minimum absolute atomic E-state index is 0.0132. The van der Waals surface area contributed by atoms with Crippen LogP contribution in [0.1, 0.15) is 21.5 Å². The van der Waals surface area contributed by atoms with Crippen LogP contribution in [0, 0.1) is 20.2 Å². The van der Waals surface area contributed by atoms with Crippen molar-refractivity contribution < 1.29 is 19.4 Å². The number of hydrogen-bond acceptors (Lipinski definition) is 7. The molecule has 1 N–H and O–H groups in total. The molecule has 0 unspecified atom stereocenters. The molecule has 3 rings (SSSR count). The lowest BCUT2D eigenvalue weighted by Crippen LogP contribution is -2.17. The Morgan fingerprint density at radius 3 is 2.12 bits per heavy atom. The highest BCUT2D eigenvalue weighted by Gasteiger charge is 2.09. The molecule has 0 saturated heterocycles. The molecule has 0 saturated carbocycles. The van der Waals surface area contributed by atoms with Crippen LogP contribution in [0.2, 0.25) is 0 Å². The first-order chi connectivity index (χ1) is 15.3. The van der Waals surface area contributed by atoms with Gasteiger partial charge in [-0.05, 0) is 69.5 Å². The van der Waals surface area contributed by atoms with Gasteiger partial charge in [0, 0.05) is 29.8 Å². The van der Waals surface area contributed by atoms with E-state index in [0.29, 0.717) is 15.8 Å². The Morgan fingerprint density at radius 1 is 0.969 bits per heavy atom. The van der Waals surface area contributed by atoms with Gasteiger partial charge in [0.2, 0.25) is 0 Å². The molecule has 10 nitrogen and oxygen atoms in total. The Hall–Kier alpha value is -4.12. The predicted molar refractivity (Wildman–Crippen MR) is 120 cm³/mol. The molecule has 162 valence electrons. The lowest BCUT2D eigenvalue weighted by Gasteiger charge is -2.09. The van der Waals surface area contributed by atoms with Gasteiger partial charge in [0.05, 0.1) is 20.5 Å². The second-order valence-corrected chi connectivity index (χ2v) is 7.26. The number of halogens is 1. The fraction of sp³-hybridized carbons (Fsp3) is 0.0476. The molecule has 0 radical (unpaired) electrons. The Kier molecular flexibility index (Phi) is 7.24. The zero-order valence-electron chi connectivity index (χ0n) is 16.3. The van der Waals surface area contributed by atoms with Gasteiger partial charge >= 0.3 is 0 Å². The van der Waals surface area contributed by atoms with Crippen LogP contribution in [0.4, 0.5) is 11.4 Å². The van der Waals surface area contributed by atoms with Gasteiger partial charge in [-0.3, -0.25) is 25.0 Å². The first kappa shape index (κ1) is 22.6. The number of ether oxygens (including phenoxy) is 1. The van der Waals surface area contributed by atoms with Crippen LogP contribution in [-0.4, -0.2) is 22.0 Å². The van der Waals surface area contributed by atoms with Crippen molar-refractivity contribution in [2.75, 3.05) is 0 Å². The van der Waals surface area contributed by atoms with Crippen molar-refractivity contribution >= 4 is 39.4 Å². The molecule has 0 aliphatic rings. The van der Waals surface area contributed by atoms with Gasteiger partial charge in [0.25, 0.3) is 17.3 Å². The van der Waals surface area contributed by atoms with E-state index in [4.69, 9.17) is 4.74 Å². The molecular weight excluding hydrogens is 484 g/mol. The standard InChI is InChI=1S/C21H15BrN4O6/c22-19-11-15(12-23-24-21(27)16-4-8-18(9-5-16)26(30)31)3-10-20(19)32-13-14-1-6-17(7-2-14)25(28)29/h1-12H,13H2,(H,24,27). The summed E-state index contributed by atoms with van der Waals surface area (Å²) in [6.45, 7) is 0.231. The summed E-state index contributed by atoms with van der Waals surface area (Å²) in [6, 6.07) is 16.4. The third kappa shape index (κ3) is 5.95. The number of nitrogens with zero attached hydrogens (tertiary/aromatic N) is 3. The molecule has 0 bridgehead atoms. The summed E-state index contributed by atoms with van der Waals surface area (Å²) >= 11 is 3.41. The van der Waals surface area contributed by atoms with Crippen molar-refractivity contribution in [1.29, 1.82) is 0 Å². The smallest absolute Gasteiger partial charge is 0.271 e. The van der Waals surface area contributed by atoms with Crippen molar-refractivity contribution in [2.45, 2.75) is 6.61 Å². The number of hydrogen-bond donors (Lipinski definition) is 1. The Bertz CT molecular complexity index is 1180. The van der Waals surface area contributed by atoms with Gasteiger partial charge in [-0.2, -0.15) is 5.10 Å². The van der Waals surface area contributed by atoms with Gasteiger partial charge in [0.15, 0.2) is 0 Å². The first-order valence-corrected chi connectivity index (χ1v) is 9.86. The molecule has 0 spiro atoms. The highest BCUT2D eigenvalue weighted by molar-refractivity contribution is 9.10. The largest absolute Gasteiger partial charge is 0.488 e. The predicted octanol–water partition coefficient (Wildman–Crippen LogP) is 4.61. The van der Waals surface area contributed by atoms with Crippen LogP contribution in [0.15, 0.2) is 76.3 Å². The van der Waals surface area contributed by atoms with E-state index >= 15 is 0 Å². The number of nitro groups is 2. The zero-order chi connectivity index (χ0) is 23.1. The quantitative estimate of drug-likeness (QED) is 0.273. The summed E-state index contributed by atoms with van der Waals surface area (Å²) in [5.41, 5.74) is 3.97. The van der Waals surface area contributed by atoms with Crippen molar-refractivity contribution in [1.82, 2.24) is 5.43 Å². The molecular formula is C21H15BrN4O6. The van der Waals surface area contributed by atoms with Gasteiger partial charge in [-0.15, -0.1) is 0 Å². The fourth-order valence-electron chi connectivity index (χ4n) is 2.55. The Morgan fingerprint density at radius 2 is 1.56 bits per heavy atom. The number of hydrazone groups is 1. The summed E-state index contributed by atoms with van der Waals surface area (Å²) < 4.78 is 6.38. The highest BCUT2D eigenvalue weighted by Crippen LogP contribution is 2.26. The molecule has 1 amide bonds. The van der Waals surface area contributed by atoms with Gasteiger partial charge < -0.3 is 4.74 Å². The molecule has 0 aliphatic carbocycles. The second-order valence-electron chi connectivity index (χ2n) is 6.41. The number of nitro benzene ring substituents is 2. The van der Waals surface area contributed by atoms with E-state index in [2.05, 4.69) is 26.5 Å². The number of non-ortho nitro benzene ring substituents is 2. The zero-order valence-corrected chi connectivity index (χ0v) is 17.9. The summed E-state index contributed by atoms with van der Waals surface area (Å²) in [4.78, 5) is 32.4. The molecule has 0 fully saturated rings. The topological polar surface area (TPSA) is 137 Å². The molecule has 0 aromatic heterocycles. The number of carbonyl (C=O) groups is 1. The highest BCUT2D eigenvalue weighted by atomic mass is 79.9. The monoisotopic (exact) mass is 498 g/mol. The van der Waals surface area contributed by atoms with E-state index < -0.39 is 15.8 Å². The van der Waals surface area contributed by atoms with Crippen LogP contribution in [0.3, 0.4) is 0 Å². The first-order valence-electron chi connectivity index (χ1n) is 9.07. The third-order valence-electron chi connectivity index (χ3n) is 4.22. The van der Waals surface area contributed by atoms with E-state index in [1.165, 1.54) is 42.6 Å². The number of nitrogens with one attached hydrogen (secondary N) is 1. The maximum Gasteiger partial charge on any atom is 0.271 e. The van der Waals surface area contributed by atoms with Crippen LogP contribution in [-0.2, 0) is 6.61 Å². The molecule has 3 aromatic rings. The summed E-state index contributed by atoms with van der Waals surface area (Å²) in [5, 5.41) is 25.2. The second kappa shape index (κ2) is 10.3. The van der Waals surface area contributed by atoms with E-state index in [9.17, 15) is 25.0 Å². The van der Waals surface area contributed by atoms with E-state index in [1.54, 1.807) is 30.3 Å². The summed E-state index contributed by atoms with van der Waals surface area (Å²) in [5.74, 6) is 0.0636. The van der Waals surface area contributed by atoms with Gasteiger partial charge in [0.1, 0.15) is 12.4 Å². The molecule has 0 heterocycles. The number of benzene rings is 3. The molecule has 11 heteroatoms. The molecule has 3 aromatic carbocycles. The van der Waals surface area contributed by atoms with Crippen molar-refractivity contribution in [3.05, 3.63) is 108 Å². The maximum absolute atomic E-state index is 12.1. The van der Waals surface area contributed by atoms with Crippen LogP contribution < -0.4 is 10.2 Å². The molecule has 0 aliphatic heterocycles. The summed E-state index contributed by atoms with van der Waals surface area (Å²) in [7, 11) is 0. The van der Waals surface area contributed by atoms with Gasteiger partial charge in [-0.25, -0.2) is 5.43 Å². The Labute approximate surface area is 190 Å². The SMILES string of the molecule is O=C(NN=Cc1ccc(OCc2ccc([N+](=O)[O-])cc2)c(Br)c1)c1ccc([N+](=O)[O-])cc1. The van der Waals surface area contributed by atoms with Crippen molar-refractivity contribution in [2.24, 2.45) is 5.10 Å². The van der Waals surface area contributed by atoms with Crippen LogP contribution >= 0.6 is 15.9 Å². The number of amides is 1. The lowest BCUT2D eigenvalue weighted by molar-refractivity contribution is -0.385. The van der Waals surface area contributed by atoms with Crippen molar-refractivity contribution in [3.8, 4) is 5.75 Å². The minimum atomic E-state index is -0.545. The minimum Gasteiger partial charge on any atom is -0.488 e. The number of rotatable bonds is 8. The average Bonchev–Trinajstić information content (AvgIpc) is 2.78. The van der Waals surface area contributed by atoms with Gasteiger partial charge in [-0.1, -0.05) is 0 Å². The van der Waals surface area contributed by atoms with E-state index in [0.717, 1.165) is 5.56 Å². The fourth-order valence-corrected chi connectivity index (χ4v) is 3.06. The number of carbonyl (C=O) groups excluding carboxylic acids is 1. The average molecular weight is 499 g/mol. The third-order valence-corrected chi connectivity index (χ3v) is 4.84. The maximum atomic E-state index is 12.1. The molecule has 0 atom stereocenters.